The summed E-state index contributed by atoms with van der Waals surface area (Å²) >= 11 is 0. The van der Waals surface area contributed by atoms with Crippen molar-refractivity contribution in [2.75, 3.05) is 6.79 Å². The number of carbonyl (C=O) groups is 1. The highest BCUT2D eigenvalue weighted by Gasteiger charge is 2.24. The molecule has 4 rings (SSSR count). The number of halogens is 1. The lowest BCUT2D eigenvalue weighted by Gasteiger charge is -2.30. The lowest BCUT2D eigenvalue weighted by atomic mass is 10.0. The molecule has 1 amide bonds. The lowest BCUT2D eigenvalue weighted by molar-refractivity contribution is 0.0673. The van der Waals surface area contributed by atoms with Crippen molar-refractivity contribution in [2.45, 2.75) is 19.5 Å². The van der Waals surface area contributed by atoms with Crippen LogP contribution < -0.4 is 9.47 Å². The Bertz CT molecular complexity index is 990. The Morgan fingerprint density at radius 2 is 1.79 bits per heavy atom. The highest BCUT2D eigenvalue weighted by Crippen LogP contribution is 2.34. The topological polar surface area (TPSA) is 38.8 Å². The summed E-state index contributed by atoms with van der Waals surface area (Å²) in [5.41, 5.74) is 2.24. The van der Waals surface area contributed by atoms with Gasteiger partial charge in [0, 0.05) is 12.1 Å². The number of benzene rings is 3. The summed E-state index contributed by atoms with van der Waals surface area (Å²) in [6.45, 7) is 2.53. The van der Waals surface area contributed by atoms with Crippen LogP contribution in [-0.2, 0) is 6.54 Å². The average Bonchev–Trinajstić information content (AvgIpc) is 3.19. The van der Waals surface area contributed by atoms with Crippen molar-refractivity contribution in [3.8, 4) is 11.5 Å². The zero-order valence-electron chi connectivity index (χ0n) is 15.5. The van der Waals surface area contributed by atoms with Crippen molar-refractivity contribution >= 4 is 5.91 Å². The molecule has 5 heteroatoms. The fourth-order valence-electron chi connectivity index (χ4n) is 3.32. The first kappa shape index (κ1) is 18.0. The Morgan fingerprint density at radius 3 is 2.57 bits per heavy atom. The third-order valence-electron chi connectivity index (χ3n) is 4.87. The van der Waals surface area contributed by atoms with Crippen LogP contribution in [0.2, 0.25) is 0 Å². The van der Waals surface area contributed by atoms with Gasteiger partial charge in [-0.25, -0.2) is 4.39 Å². The molecule has 4 nitrogen and oxygen atoms in total. The molecule has 1 unspecified atom stereocenters. The molecule has 1 aliphatic heterocycles. The molecule has 0 saturated heterocycles. The van der Waals surface area contributed by atoms with E-state index >= 15 is 0 Å². The van der Waals surface area contributed by atoms with Gasteiger partial charge < -0.3 is 14.4 Å². The van der Waals surface area contributed by atoms with Crippen LogP contribution in [0.4, 0.5) is 4.39 Å². The predicted molar refractivity (Wildman–Crippen MR) is 104 cm³/mol. The second-order valence-electron chi connectivity index (χ2n) is 6.72. The third-order valence-corrected chi connectivity index (χ3v) is 4.87. The summed E-state index contributed by atoms with van der Waals surface area (Å²) in [7, 11) is 0. The monoisotopic (exact) mass is 377 g/mol. The first-order valence-corrected chi connectivity index (χ1v) is 9.12. The minimum absolute atomic E-state index is 0.192. The fourth-order valence-corrected chi connectivity index (χ4v) is 3.32. The van der Waals surface area contributed by atoms with Gasteiger partial charge in [0.1, 0.15) is 5.82 Å². The molecule has 0 aliphatic carbocycles. The van der Waals surface area contributed by atoms with Gasteiger partial charge in [0.2, 0.25) is 6.79 Å². The second-order valence-corrected chi connectivity index (χ2v) is 6.72. The van der Waals surface area contributed by atoms with E-state index < -0.39 is 5.82 Å². The molecule has 0 N–H and O–H groups in total. The van der Waals surface area contributed by atoms with E-state index in [2.05, 4.69) is 0 Å². The molecular weight excluding hydrogens is 357 g/mol. The van der Waals surface area contributed by atoms with E-state index in [9.17, 15) is 9.18 Å². The molecule has 0 aromatic heterocycles. The number of carbonyl (C=O) groups excluding carboxylic acids is 1. The van der Waals surface area contributed by atoms with Crippen LogP contribution in [0.15, 0.2) is 72.8 Å². The maximum absolute atomic E-state index is 13.7. The normalized spacial score (nSPS) is 13.2. The van der Waals surface area contributed by atoms with Crippen molar-refractivity contribution in [1.82, 2.24) is 4.90 Å². The average molecular weight is 377 g/mol. The minimum Gasteiger partial charge on any atom is -0.454 e. The number of amides is 1. The number of rotatable bonds is 5. The van der Waals surface area contributed by atoms with Crippen molar-refractivity contribution in [2.24, 2.45) is 0 Å². The van der Waals surface area contributed by atoms with E-state index in [0.717, 1.165) is 11.1 Å². The SMILES string of the molecule is CC(c1ccccc1)N(Cc1ccc2c(c1)OCO2)C(=O)c1cccc(F)c1. The highest BCUT2D eigenvalue weighted by atomic mass is 19.1. The molecule has 0 fully saturated rings. The largest absolute Gasteiger partial charge is 0.454 e. The van der Waals surface area contributed by atoms with Crippen LogP contribution in [0.1, 0.15) is 34.5 Å². The van der Waals surface area contributed by atoms with E-state index in [-0.39, 0.29) is 18.7 Å². The quantitative estimate of drug-likeness (QED) is 0.631. The number of ether oxygens (including phenoxy) is 2. The summed E-state index contributed by atoms with van der Waals surface area (Å²) in [5.74, 6) is 0.709. The van der Waals surface area contributed by atoms with Gasteiger partial charge in [-0.3, -0.25) is 4.79 Å². The van der Waals surface area contributed by atoms with Crippen molar-refractivity contribution in [3.05, 3.63) is 95.3 Å². The van der Waals surface area contributed by atoms with Crippen LogP contribution in [0.5, 0.6) is 11.5 Å². The van der Waals surface area contributed by atoms with E-state index in [1.165, 1.54) is 12.1 Å². The molecule has 3 aromatic carbocycles. The van der Waals surface area contributed by atoms with E-state index in [1.54, 1.807) is 17.0 Å². The van der Waals surface area contributed by atoms with Gasteiger partial charge in [-0.2, -0.15) is 0 Å². The van der Waals surface area contributed by atoms with Crippen molar-refractivity contribution < 1.29 is 18.7 Å². The molecule has 0 spiro atoms. The van der Waals surface area contributed by atoms with Gasteiger partial charge in [0.25, 0.3) is 5.91 Å². The Balaban J connectivity index is 1.67. The van der Waals surface area contributed by atoms with Crippen LogP contribution in [0, 0.1) is 5.82 Å². The summed E-state index contributed by atoms with van der Waals surface area (Å²) < 4.78 is 24.5. The number of nitrogens with zero attached hydrogens (tertiary/aromatic N) is 1. The maximum atomic E-state index is 13.7. The lowest BCUT2D eigenvalue weighted by Crippen LogP contribution is -2.33. The molecule has 0 bridgehead atoms. The van der Waals surface area contributed by atoms with Crippen molar-refractivity contribution in [3.63, 3.8) is 0 Å². The summed E-state index contributed by atoms with van der Waals surface area (Å²) in [5, 5.41) is 0. The van der Waals surface area contributed by atoms with Gasteiger partial charge in [-0.1, -0.05) is 42.5 Å². The van der Waals surface area contributed by atoms with Gasteiger partial charge in [0.15, 0.2) is 11.5 Å². The Hall–Kier alpha value is -3.34. The first-order valence-electron chi connectivity index (χ1n) is 9.12. The molecule has 28 heavy (non-hydrogen) atoms. The summed E-state index contributed by atoms with van der Waals surface area (Å²) in [6, 6.07) is 21.0. The number of fused-ring (bicyclic) bond motifs is 1. The molecule has 1 aliphatic rings. The fraction of sp³-hybridized carbons (Fsp3) is 0.174. The molecule has 1 atom stereocenters. The molecule has 0 radical (unpaired) electrons. The number of hydrogen-bond donors (Lipinski definition) is 0. The molecule has 142 valence electrons. The smallest absolute Gasteiger partial charge is 0.254 e. The highest BCUT2D eigenvalue weighted by molar-refractivity contribution is 5.94. The van der Waals surface area contributed by atoms with Crippen LogP contribution >= 0.6 is 0 Å². The van der Waals surface area contributed by atoms with E-state index in [4.69, 9.17) is 9.47 Å². The van der Waals surface area contributed by atoms with Crippen molar-refractivity contribution in [1.29, 1.82) is 0 Å². The van der Waals surface area contributed by atoms with Gasteiger partial charge in [-0.15, -0.1) is 0 Å². The molecule has 0 saturated carbocycles. The van der Waals surface area contributed by atoms with Gasteiger partial charge in [0.05, 0.1) is 6.04 Å². The Morgan fingerprint density at radius 1 is 1.00 bits per heavy atom. The first-order chi connectivity index (χ1) is 13.6. The number of hydrogen-bond acceptors (Lipinski definition) is 3. The van der Waals surface area contributed by atoms with Gasteiger partial charge in [-0.05, 0) is 48.4 Å². The van der Waals surface area contributed by atoms with Crippen LogP contribution in [-0.4, -0.2) is 17.6 Å². The zero-order valence-corrected chi connectivity index (χ0v) is 15.5. The molecular formula is C23H20FNO3. The Labute approximate surface area is 163 Å². The molecule has 1 heterocycles. The van der Waals surface area contributed by atoms with E-state index in [1.807, 2.05) is 55.5 Å². The Kier molecular flexibility index (Phi) is 4.98. The maximum Gasteiger partial charge on any atom is 0.254 e. The molecule has 3 aromatic rings. The zero-order chi connectivity index (χ0) is 19.5. The summed E-state index contributed by atoms with van der Waals surface area (Å²) in [6.07, 6.45) is 0. The van der Waals surface area contributed by atoms with E-state index in [0.29, 0.717) is 23.6 Å². The predicted octanol–water partition coefficient (Wildman–Crippen LogP) is 4.96. The van der Waals surface area contributed by atoms with Gasteiger partial charge >= 0.3 is 0 Å². The van der Waals surface area contributed by atoms with Crippen LogP contribution in [0.25, 0.3) is 0 Å². The second kappa shape index (κ2) is 7.72. The third kappa shape index (κ3) is 3.69. The van der Waals surface area contributed by atoms with Crippen LogP contribution in [0.3, 0.4) is 0 Å². The standard InChI is InChI=1S/C23H20FNO3/c1-16(18-6-3-2-4-7-18)25(23(26)19-8-5-9-20(24)13-19)14-17-10-11-21-22(12-17)28-15-27-21/h2-13,16H,14-15H2,1H3. The minimum atomic E-state index is -0.429. The summed E-state index contributed by atoms with van der Waals surface area (Å²) in [4.78, 5) is 15.0.